The van der Waals surface area contributed by atoms with E-state index in [1.54, 1.807) is 26.8 Å². The molecule has 0 saturated heterocycles. The van der Waals surface area contributed by atoms with Gasteiger partial charge in [0.1, 0.15) is 11.6 Å². The van der Waals surface area contributed by atoms with E-state index in [9.17, 15) is 9.18 Å². The van der Waals surface area contributed by atoms with Gasteiger partial charge in [0.05, 0.1) is 13.5 Å². The van der Waals surface area contributed by atoms with E-state index in [2.05, 4.69) is 0 Å². The zero-order chi connectivity index (χ0) is 13.2. The van der Waals surface area contributed by atoms with Crippen molar-refractivity contribution in [2.24, 2.45) is 0 Å². The van der Waals surface area contributed by atoms with Gasteiger partial charge in [0.2, 0.25) is 0 Å². The van der Waals surface area contributed by atoms with Gasteiger partial charge in [-0.25, -0.2) is 4.39 Å². The van der Waals surface area contributed by atoms with E-state index in [4.69, 9.17) is 9.84 Å². The number of halogens is 1. The zero-order valence-corrected chi connectivity index (χ0v) is 10.5. The molecule has 0 fully saturated rings. The molecule has 1 N–H and O–H groups in total. The predicted octanol–water partition coefficient (Wildman–Crippen LogP) is 2.90. The molecule has 3 nitrogen and oxygen atoms in total. The Morgan fingerprint density at radius 1 is 1.47 bits per heavy atom. The highest BCUT2D eigenvalue weighted by Gasteiger charge is 2.28. The van der Waals surface area contributed by atoms with Crippen LogP contribution in [0.25, 0.3) is 0 Å². The van der Waals surface area contributed by atoms with Crippen molar-refractivity contribution in [3.8, 4) is 5.75 Å². The zero-order valence-electron chi connectivity index (χ0n) is 10.5. The maximum atomic E-state index is 13.9. The fraction of sp³-hybridized carbons (Fsp3) is 0.462. The molecule has 0 spiro atoms. The van der Waals surface area contributed by atoms with Crippen LogP contribution in [0.15, 0.2) is 12.1 Å². The summed E-state index contributed by atoms with van der Waals surface area (Å²) in [6, 6.07) is 2.95. The minimum Gasteiger partial charge on any atom is -0.496 e. The van der Waals surface area contributed by atoms with E-state index < -0.39 is 17.2 Å². The first-order chi connectivity index (χ1) is 7.77. The fourth-order valence-corrected chi connectivity index (χ4v) is 1.88. The molecule has 17 heavy (non-hydrogen) atoms. The molecular weight excluding hydrogens is 223 g/mol. The summed E-state index contributed by atoms with van der Waals surface area (Å²) in [4.78, 5) is 10.8. The Bertz CT molecular complexity index is 439. The average Bonchev–Trinajstić information content (AvgIpc) is 2.18. The number of carbonyl (C=O) groups is 1. The van der Waals surface area contributed by atoms with Crippen molar-refractivity contribution in [2.45, 2.75) is 32.6 Å². The summed E-state index contributed by atoms with van der Waals surface area (Å²) in [6.07, 6.45) is -0.115. The second-order valence-corrected chi connectivity index (χ2v) is 4.76. The maximum absolute atomic E-state index is 13.9. The molecule has 0 atom stereocenters. The van der Waals surface area contributed by atoms with Gasteiger partial charge in [-0.1, -0.05) is 13.8 Å². The summed E-state index contributed by atoms with van der Waals surface area (Å²) < 4.78 is 18.9. The smallest absolute Gasteiger partial charge is 0.304 e. The summed E-state index contributed by atoms with van der Waals surface area (Å²) in [7, 11) is 1.48. The highest BCUT2D eigenvalue weighted by Crippen LogP contribution is 2.33. The maximum Gasteiger partial charge on any atom is 0.304 e. The van der Waals surface area contributed by atoms with Gasteiger partial charge in [-0.15, -0.1) is 0 Å². The fourth-order valence-electron chi connectivity index (χ4n) is 1.88. The van der Waals surface area contributed by atoms with Crippen LogP contribution >= 0.6 is 0 Å². The molecule has 4 heteroatoms. The predicted molar refractivity (Wildman–Crippen MR) is 63.0 cm³/mol. The standard InChI is InChI=1S/C13H17FO3/c1-8-5-9(10(14)6-11(8)17-4)13(2,3)7-12(15)16/h5-6H,7H2,1-4H3,(H,15,16). The largest absolute Gasteiger partial charge is 0.496 e. The minimum absolute atomic E-state index is 0.115. The quantitative estimate of drug-likeness (QED) is 0.880. The lowest BCUT2D eigenvalue weighted by atomic mass is 9.80. The van der Waals surface area contributed by atoms with Crippen LogP contribution in [0.3, 0.4) is 0 Å². The van der Waals surface area contributed by atoms with Crippen molar-refractivity contribution in [3.63, 3.8) is 0 Å². The summed E-state index contributed by atoms with van der Waals surface area (Å²) in [5.41, 5.74) is 0.452. The molecule has 0 unspecified atom stereocenters. The number of aliphatic carboxylic acids is 1. The number of methoxy groups -OCH3 is 1. The van der Waals surface area contributed by atoms with E-state index in [0.717, 1.165) is 5.56 Å². The third kappa shape index (κ3) is 2.96. The lowest BCUT2D eigenvalue weighted by Gasteiger charge is -2.24. The lowest BCUT2D eigenvalue weighted by Crippen LogP contribution is -2.23. The van der Waals surface area contributed by atoms with Crippen molar-refractivity contribution in [1.82, 2.24) is 0 Å². The van der Waals surface area contributed by atoms with Crippen LogP contribution in [0.2, 0.25) is 0 Å². The summed E-state index contributed by atoms with van der Waals surface area (Å²) in [5, 5.41) is 8.82. The Morgan fingerprint density at radius 3 is 2.53 bits per heavy atom. The Balaban J connectivity index is 3.22. The molecule has 0 aliphatic heterocycles. The second-order valence-electron chi connectivity index (χ2n) is 4.76. The van der Waals surface area contributed by atoms with Gasteiger partial charge >= 0.3 is 5.97 Å². The normalized spacial score (nSPS) is 11.4. The monoisotopic (exact) mass is 240 g/mol. The topological polar surface area (TPSA) is 46.5 Å². The van der Waals surface area contributed by atoms with E-state index in [0.29, 0.717) is 11.3 Å². The van der Waals surface area contributed by atoms with Gasteiger partial charge in [-0.3, -0.25) is 4.79 Å². The number of carboxylic acid groups (broad SMARTS) is 1. The van der Waals surface area contributed by atoms with Gasteiger partial charge in [0.15, 0.2) is 0 Å². The van der Waals surface area contributed by atoms with Crippen molar-refractivity contribution in [3.05, 3.63) is 29.1 Å². The molecule has 1 aromatic rings. The number of carboxylic acids is 1. The molecule has 0 bridgehead atoms. The molecule has 1 rings (SSSR count). The third-order valence-electron chi connectivity index (χ3n) is 2.81. The summed E-state index contributed by atoms with van der Waals surface area (Å²) in [5.74, 6) is -0.904. The van der Waals surface area contributed by atoms with Crippen LogP contribution in [0.5, 0.6) is 5.75 Å². The van der Waals surface area contributed by atoms with Crippen LogP contribution < -0.4 is 4.74 Å². The SMILES string of the molecule is COc1cc(F)c(C(C)(C)CC(=O)O)cc1C. The number of rotatable bonds is 4. The molecule has 0 amide bonds. The molecule has 94 valence electrons. The van der Waals surface area contributed by atoms with Crippen molar-refractivity contribution in [2.75, 3.05) is 7.11 Å². The first-order valence-corrected chi connectivity index (χ1v) is 5.34. The van der Waals surface area contributed by atoms with E-state index >= 15 is 0 Å². The number of hydrogen-bond donors (Lipinski definition) is 1. The number of hydrogen-bond acceptors (Lipinski definition) is 2. The molecule has 0 saturated carbocycles. The van der Waals surface area contributed by atoms with Crippen LogP contribution in [0.4, 0.5) is 4.39 Å². The van der Waals surface area contributed by atoms with Crippen molar-refractivity contribution < 1.29 is 19.0 Å². The first kappa shape index (κ1) is 13.5. The summed E-state index contributed by atoms with van der Waals surface area (Å²) in [6.45, 7) is 5.23. The highest BCUT2D eigenvalue weighted by molar-refractivity contribution is 5.69. The molecule has 1 aromatic carbocycles. The highest BCUT2D eigenvalue weighted by atomic mass is 19.1. The van der Waals surface area contributed by atoms with E-state index in [1.807, 2.05) is 0 Å². The van der Waals surface area contributed by atoms with E-state index in [1.165, 1.54) is 13.2 Å². The van der Waals surface area contributed by atoms with Crippen LogP contribution in [0, 0.1) is 12.7 Å². The Morgan fingerprint density at radius 2 is 2.06 bits per heavy atom. The van der Waals surface area contributed by atoms with Gasteiger partial charge in [0.25, 0.3) is 0 Å². The second kappa shape index (κ2) is 4.73. The van der Waals surface area contributed by atoms with Crippen LogP contribution in [-0.2, 0) is 10.2 Å². The summed E-state index contributed by atoms with van der Waals surface area (Å²) >= 11 is 0. The van der Waals surface area contributed by atoms with Gasteiger partial charge in [-0.2, -0.15) is 0 Å². The molecule has 0 radical (unpaired) electrons. The molecule has 0 heterocycles. The Kier molecular flexibility index (Phi) is 3.76. The lowest BCUT2D eigenvalue weighted by molar-refractivity contribution is -0.138. The number of ether oxygens (including phenoxy) is 1. The van der Waals surface area contributed by atoms with Gasteiger partial charge < -0.3 is 9.84 Å². The number of benzene rings is 1. The molecule has 0 aliphatic carbocycles. The van der Waals surface area contributed by atoms with E-state index in [-0.39, 0.29) is 6.42 Å². The van der Waals surface area contributed by atoms with Crippen LogP contribution in [-0.4, -0.2) is 18.2 Å². The molecule has 0 aromatic heterocycles. The first-order valence-electron chi connectivity index (χ1n) is 5.34. The minimum atomic E-state index is -0.942. The van der Waals surface area contributed by atoms with Crippen LogP contribution in [0.1, 0.15) is 31.4 Å². The average molecular weight is 240 g/mol. The Labute approximate surface area is 100 Å². The van der Waals surface area contributed by atoms with Gasteiger partial charge in [-0.05, 0) is 24.1 Å². The van der Waals surface area contributed by atoms with Gasteiger partial charge in [0, 0.05) is 11.5 Å². The Hall–Kier alpha value is -1.58. The third-order valence-corrected chi connectivity index (χ3v) is 2.81. The molecule has 0 aliphatic rings. The molecular formula is C13H17FO3. The number of aryl methyl sites for hydroxylation is 1. The van der Waals surface area contributed by atoms with Crippen molar-refractivity contribution >= 4 is 5.97 Å². The van der Waals surface area contributed by atoms with Crippen molar-refractivity contribution in [1.29, 1.82) is 0 Å².